The van der Waals surface area contributed by atoms with E-state index < -0.39 is 24.0 Å². The van der Waals surface area contributed by atoms with E-state index in [-0.39, 0.29) is 16.8 Å². The molecule has 26 heavy (non-hydrogen) atoms. The van der Waals surface area contributed by atoms with Gasteiger partial charge in [-0.1, -0.05) is 11.6 Å². The molecule has 0 bridgehead atoms. The number of hydrogen-bond donors (Lipinski definition) is 2. The van der Waals surface area contributed by atoms with Crippen LogP contribution in [0.5, 0.6) is 11.5 Å². The number of urea groups is 1. The standard InChI is InChI=1S/C17H20ClN3O5/c1-17(9-4-5-9)15(23)21(16(24)20-17)8-14(22)19-11-7-13(26-3)12(25-2)6-10(11)18/h6-7,9H,4-5,8H2,1-3H3,(H,19,22)(H,20,24). The van der Waals surface area contributed by atoms with Crippen LogP contribution in [0.15, 0.2) is 12.1 Å². The van der Waals surface area contributed by atoms with Crippen LogP contribution in [0, 0.1) is 5.92 Å². The van der Waals surface area contributed by atoms with E-state index in [1.165, 1.54) is 26.4 Å². The number of carbonyl (C=O) groups excluding carboxylic acids is 3. The highest BCUT2D eigenvalue weighted by Crippen LogP contribution is 2.42. The van der Waals surface area contributed by atoms with Crippen LogP contribution in [-0.4, -0.2) is 49.0 Å². The highest BCUT2D eigenvalue weighted by molar-refractivity contribution is 6.34. The molecule has 8 nitrogen and oxygen atoms in total. The van der Waals surface area contributed by atoms with Crippen LogP contribution in [0.25, 0.3) is 0 Å². The maximum atomic E-state index is 12.6. The number of halogens is 1. The Morgan fingerprint density at radius 3 is 2.50 bits per heavy atom. The molecule has 9 heteroatoms. The van der Waals surface area contributed by atoms with Crippen LogP contribution >= 0.6 is 11.6 Å². The highest BCUT2D eigenvalue weighted by Gasteiger charge is 2.56. The maximum Gasteiger partial charge on any atom is 0.325 e. The minimum atomic E-state index is -0.918. The Bertz CT molecular complexity index is 780. The van der Waals surface area contributed by atoms with E-state index >= 15 is 0 Å². The molecule has 1 saturated heterocycles. The van der Waals surface area contributed by atoms with E-state index in [4.69, 9.17) is 21.1 Å². The van der Waals surface area contributed by atoms with Crippen LogP contribution in [0.4, 0.5) is 10.5 Å². The molecule has 2 N–H and O–H groups in total. The molecule has 1 aromatic carbocycles. The van der Waals surface area contributed by atoms with Crippen molar-refractivity contribution in [3.8, 4) is 11.5 Å². The number of carbonyl (C=O) groups is 3. The smallest absolute Gasteiger partial charge is 0.325 e. The van der Waals surface area contributed by atoms with Gasteiger partial charge in [-0.2, -0.15) is 0 Å². The SMILES string of the molecule is COc1cc(Cl)c(NC(=O)CN2C(=O)NC(C)(C3CC3)C2=O)cc1OC. The average Bonchev–Trinajstić information content (AvgIpc) is 3.42. The number of anilines is 1. The van der Waals surface area contributed by atoms with Gasteiger partial charge in [-0.05, 0) is 25.7 Å². The van der Waals surface area contributed by atoms with Crippen LogP contribution < -0.4 is 20.1 Å². The molecular weight excluding hydrogens is 362 g/mol. The maximum absolute atomic E-state index is 12.6. The fourth-order valence-electron chi connectivity index (χ4n) is 3.08. The van der Waals surface area contributed by atoms with E-state index in [1.807, 2.05) is 0 Å². The highest BCUT2D eigenvalue weighted by atomic mass is 35.5. The Balaban J connectivity index is 1.71. The fraction of sp³-hybridized carbons (Fsp3) is 0.471. The van der Waals surface area contributed by atoms with Crippen molar-refractivity contribution >= 4 is 35.1 Å². The van der Waals surface area contributed by atoms with Crippen LogP contribution in [0.1, 0.15) is 19.8 Å². The lowest BCUT2D eigenvalue weighted by molar-refractivity contribution is -0.134. The van der Waals surface area contributed by atoms with Gasteiger partial charge in [-0.25, -0.2) is 4.79 Å². The average molecular weight is 382 g/mol. The first-order valence-corrected chi connectivity index (χ1v) is 8.53. The molecule has 0 radical (unpaired) electrons. The van der Waals surface area contributed by atoms with Gasteiger partial charge in [0.1, 0.15) is 12.1 Å². The van der Waals surface area contributed by atoms with Gasteiger partial charge in [0.2, 0.25) is 5.91 Å². The zero-order valence-electron chi connectivity index (χ0n) is 14.7. The van der Waals surface area contributed by atoms with Gasteiger partial charge >= 0.3 is 6.03 Å². The third-order valence-electron chi connectivity index (χ3n) is 4.74. The Labute approximate surface area is 155 Å². The summed E-state index contributed by atoms with van der Waals surface area (Å²) in [6.45, 7) is 1.31. The van der Waals surface area contributed by atoms with Gasteiger partial charge in [0.25, 0.3) is 5.91 Å². The molecule has 1 aromatic rings. The Hall–Kier alpha value is -2.48. The summed E-state index contributed by atoms with van der Waals surface area (Å²) in [6.07, 6.45) is 1.79. The van der Waals surface area contributed by atoms with Gasteiger partial charge in [0.15, 0.2) is 11.5 Å². The predicted octanol–water partition coefficient (Wildman–Crippen LogP) is 2.02. The molecule has 1 atom stereocenters. The second-order valence-electron chi connectivity index (χ2n) is 6.53. The molecule has 3 rings (SSSR count). The molecule has 1 saturated carbocycles. The molecule has 1 heterocycles. The second-order valence-corrected chi connectivity index (χ2v) is 6.94. The van der Waals surface area contributed by atoms with Crippen LogP contribution in [0.2, 0.25) is 5.02 Å². The second kappa shape index (κ2) is 6.68. The minimum Gasteiger partial charge on any atom is -0.493 e. The van der Waals surface area contributed by atoms with Gasteiger partial charge in [-0.15, -0.1) is 0 Å². The zero-order valence-corrected chi connectivity index (χ0v) is 15.5. The molecule has 2 aliphatic rings. The molecule has 1 unspecified atom stereocenters. The summed E-state index contributed by atoms with van der Waals surface area (Å²) in [5.74, 6) is 0.0295. The number of amides is 4. The van der Waals surface area contributed by atoms with Gasteiger partial charge in [0.05, 0.1) is 24.9 Å². The molecule has 2 fully saturated rings. The van der Waals surface area contributed by atoms with E-state index in [0.29, 0.717) is 17.2 Å². The summed E-state index contributed by atoms with van der Waals surface area (Å²) in [5, 5.41) is 5.54. The summed E-state index contributed by atoms with van der Waals surface area (Å²) >= 11 is 6.14. The lowest BCUT2D eigenvalue weighted by Gasteiger charge is -2.20. The van der Waals surface area contributed by atoms with Crippen molar-refractivity contribution in [3.05, 3.63) is 17.2 Å². The molecule has 1 aliphatic carbocycles. The number of ether oxygens (including phenoxy) is 2. The first kappa shape index (κ1) is 18.3. The van der Waals surface area contributed by atoms with Crippen LogP contribution in [-0.2, 0) is 9.59 Å². The molecule has 140 valence electrons. The number of nitrogens with zero attached hydrogens (tertiary/aromatic N) is 1. The largest absolute Gasteiger partial charge is 0.493 e. The number of rotatable bonds is 6. The molecule has 0 spiro atoms. The van der Waals surface area contributed by atoms with Gasteiger partial charge in [0, 0.05) is 12.1 Å². The van der Waals surface area contributed by atoms with Crippen molar-refractivity contribution in [2.75, 3.05) is 26.1 Å². The van der Waals surface area contributed by atoms with E-state index in [1.54, 1.807) is 6.92 Å². The predicted molar refractivity (Wildman–Crippen MR) is 94.6 cm³/mol. The van der Waals surface area contributed by atoms with Crippen molar-refractivity contribution in [3.63, 3.8) is 0 Å². The third kappa shape index (κ3) is 3.16. The summed E-state index contributed by atoms with van der Waals surface area (Å²) in [6, 6.07) is 2.46. The van der Waals surface area contributed by atoms with E-state index in [2.05, 4.69) is 10.6 Å². The van der Waals surface area contributed by atoms with Gasteiger partial charge in [-0.3, -0.25) is 14.5 Å². The first-order valence-electron chi connectivity index (χ1n) is 8.15. The Kier molecular flexibility index (Phi) is 4.70. The van der Waals surface area contributed by atoms with Gasteiger partial charge < -0.3 is 20.1 Å². The normalized spacial score (nSPS) is 22.2. The van der Waals surface area contributed by atoms with Crippen LogP contribution in [0.3, 0.4) is 0 Å². The Morgan fingerprint density at radius 1 is 1.31 bits per heavy atom. The summed E-state index contributed by atoms with van der Waals surface area (Å²) in [4.78, 5) is 38.0. The van der Waals surface area contributed by atoms with Crippen molar-refractivity contribution in [2.24, 2.45) is 5.92 Å². The number of imide groups is 1. The third-order valence-corrected chi connectivity index (χ3v) is 5.06. The number of hydrogen-bond acceptors (Lipinski definition) is 5. The number of nitrogens with one attached hydrogen (secondary N) is 2. The van der Waals surface area contributed by atoms with Crippen molar-refractivity contribution in [1.82, 2.24) is 10.2 Å². The lowest BCUT2D eigenvalue weighted by atomic mass is 9.96. The quantitative estimate of drug-likeness (QED) is 0.735. The van der Waals surface area contributed by atoms with Crippen molar-refractivity contribution in [2.45, 2.75) is 25.3 Å². The lowest BCUT2D eigenvalue weighted by Crippen LogP contribution is -2.46. The summed E-state index contributed by atoms with van der Waals surface area (Å²) < 4.78 is 10.3. The Morgan fingerprint density at radius 2 is 1.92 bits per heavy atom. The van der Waals surface area contributed by atoms with E-state index in [9.17, 15) is 14.4 Å². The first-order chi connectivity index (χ1) is 12.3. The van der Waals surface area contributed by atoms with E-state index in [0.717, 1.165) is 17.7 Å². The monoisotopic (exact) mass is 381 g/mol. The summed E-state index contributed by atoms with van der Waals surface area (Å²) in [7, 11) is 2.93. The zero-order chi connectivity index (χ0) is 19.1. The topological polar surface area (TPSA) is 97.0 Å². The summed E-state index contributed by atoms with van der Waals surface area (Å²) in [5.41, 5.74) is -0.621. The number of benzene rings is 1. The molecular formula is C17H20ClN3O5. The molecule has 0 aromatic heterocycles. The minimum absolute atomic E-state index is 0.132. The number of methoxy groups -OCH3 is 2. The van der Waals surface area contributed by atoms with Crippen molar-refractivity contribution < 1.29 is 23.9 Å². The molecule has 1 aliphatic heterocycles. The fourth-order valence-corrected chi connectivity index (χ4v) is 3.28. The van der Waals surface area contributed by atoms with Crippen molar-refractivity contribution in [1.29, 1.82) is 0 Å². The molecule has 4 amide bonds.